The molecule has 0 bridgehead atoms. The van der Waals surface area contributed by atoms with Gasteiger partial charge in [-0.05, 0) is 36.1 Å². The van der Waals surface area contributed by atoms with E-state index in [0.29, 0.717) is 13.1 Å². The molecule has 2 atom stereocenters. The number of thiazole rings is 1. The van der Waals surface area contributed by atoms with Gasteiger partial charge >= 0.3 is 0 Å². The molecule has 2 aromatic heterocycles. The third-order valence-electron chi connectivity index (χ3n) is 6.03. The SMILES string of the molecule is O=C(NCc1ccc(Cn2cncn2)cc1)[C@@H]1CCCC[C@@H]1c1nc2ccccc2s1. The molecule has 0 spiro atoms. The van der Waals surface area contributed by atoms with E-state index in [9.17, 15) is 4.79 Å². The molecule has 7 heteroatoms. The van der Waals surface area contributed by atoms with Crippen LogP contribution in [0.4, 0.5) is 0 Å². The first kappa shape index (κ1) is 19.9. The van der Waals surface area contributed by atoms with Crippen LogP contribution in [0.2, 0.25) is 0 Å². The van der Waals surface area contributed by atoms with Crippen LogP contribution in [0.15, 0.2) is 61.2 Å². The molecular weight excluding hydrogens is 406 g/mol. The molecule has 5 rings (SSSR count). The second kappa shape index (κ2) is 8.98. The first-order chi connectivity index (χ1) is 15.3. The van der Waals surface area contributed by atoms with Crippen molar-refractivity contribution in [2.45, 2.75) is 44.7 Å². The Hall–Kier alpha value is -3.06. The zero-order valence-corrected chi connectivity index (χ0v) is 18.1. The number of para-hydroxylation sites is 1. The Morgan fingerprint density at radius 1 is 1.06 bits per heavy atom. The average Bonchev–Trinajstić information content (AvgIpc) is 3.48. The minimum atomic E-state index is 0.000834. The summed E-state index contributed by atoms with van der Waals surface area (Å²) in [7, 11) is 0. The number of aromatic nitrogens is 4. The van der Waals surface area contributed by atoms with Gasteiger partial charge in [0.15, 0.2) is 0 Å². The number of hydrogen-bond donors (Lipinski definition) is 1. The van der Waals surface area contributed by atoms with Gasteiger partial charge in [0.05, 0.1) is 21.8 Å². The van der Waals surface area contributed by atoms with Crippen molar-refractivity contribution < 1.29 is 4.79 Å². The minimum Gasteiger partial charge on any atom is -0.352 e. The Balaban J connectivity index is 1.23. The van der Waals surface area contributed by atoms with E-state index in [1.54, 1.807) is 22.3 Å². The number of amides is 1. The highest BCUT2D eigenvalue weighted by molar-refractivity contribution is 7.18. The van der Waals surface area contributed by atoms with Gasteiger partial charge in [0.25, 0.3) is 0 Å². The number of nitrogens with zero attached hydrogens (tertiary/aromatic N) is 4. The molecular formula is C24H25N5OS. The number of rotatable bonds is 6. The lowest BCUT2D eigenvalue weighted by Gasteiger charge is -2.29. The standard InChI is InChI=1S/C24H25N5OS/c30-23(26-13-17-9-11-18(12-10-17)14-29-16-25-15-27-29)19-5-1-2-6-20(19)24-28-21-7-3-4-8-22(21)31-24/h3-4,7-12,15-16,19-20H,1-2,5-6,13-14H2,(H,26,30)/t19-,20+/m1/s1. The Labute approximate surface area is 185 Å². The van der Waals surface area contributed by atoms with Gasteiger partial charge in [0, 0.05) is 18.4 Å². The maximum Gasteiger partial charge on any atom is 0.224 e. The van der Waals surface area contributed by atoms with E-state index in [-0.39, 0.29) is 17.7 Å². The van der Waals surface area contributed by atoms with Gasteiger partial charge in [-0.2, -0.15) is 5.10 Å². The normalized spacial score (nSPS) is 18.8. The largest absolute Gasteiger partial charge is 0.352 e. The second-order valence-corrected chi connectivity index (χ2v) is 9.21. The van der Waals surface area contributed by atoms with Gasteiger partial charge in [-0.25, -0.2) is 14.6 Å². The van der Waals surface area contributed by atoms with E-state index >= 15 is 0 Å². The molecule has 0 aliphatic heterocycles. The van der Waals surface area contributed by atoms with Crippen molar-refractivity contribution in [3.8, 4) is 0 Å². The molecule has 0 unspecified atom stereocenters. The maximum absolute atomic E-state index is 13.1. The van der Waals surface area contributed by atoms with Crippen LogP contribution in [0, 0.1) is 5.92 Å². The fourth-order valence-electron chi connectivity index (χ4n) is 4.37. The molecule has 0 radical (unpaired) electrons. The van der Waals surface area contributed by atoms with Crippen LogP contribution in [0.25, 0.3) is 10.2 Å². The van der Waals surface area contributed by atoms with Crippen molar-refractivity contribution in [2.24, 2.45) is 5.92 Å². The van der Waals surface area contributed by atoms with Gasteiger partial charge in [0.2, 0.25) is 5.91 Å². The third-order valence-corrected chi connectivity index (χ3v) is 7.20. The summed E-state index contributed by atoms with van der Waals surface area (Å²) < 4.78 is 3.00. The highest BCUT2D eigenvalue weighted by Crippen LogP contribution is 2.40. The van der Waals surface area contributed by atoms with Crippen LogP contribution >= 0.6 is 11.3 Å². The van der Waals surface area contributed by atoms with Crippen molar-refractivity contribution in [2.75, 3.05) is 0 Å². The summed E-state index contributed by atoms with van der Waals surface area (Å²) in [5.41, 5.74) is 3.30. The monoisotopic (exact) mass is 431 g/mol. The molecule has 1 aliphatic carbocycles. The summed E-state index contributed by atoms with van der Waals surface area (Å²) in [4.78, 5) is 21.9. The first-order valence-electron chi connectivity index (χ1n) is 10.8. The molecule has 2 heterocycles. The quantitative estimate of drug-likeness (QED) is 0.487. The van der Waals surface area contributed by atoms with E-state index in [4.69, 9.17) is 4.98 Å². The number of hydrogen-bond acceptors (Lipinski definition) is 5. The summed E-state index contributed by atoms with van der Waals surface area (Å²) in [5, 5.41) is 8.42. The molecule has 6 nitrogen and oxygen atoms in total. The molecule has 158 valence electrons. The fraction of sp³-hybridized carbons (Fsp3) is 0.333. The predicted octanol–water partition coefficient (Wildman–Crippen LogP) is 4.53. The summed E-state index contributed by atoms with van der Waals surface area (Å²) in [6.45, 7) is 1.24. The summed E-state index contributed by atoms with van der Waals surface area (Å²) in [6, 6.07) is 16.5. The molecule has 4 aromatic rings. The lowest BCUT2D eigenvalue weighted by Crippen LogP contribution is -2.35. The first-order valence-corrected chi connectivity index (χ1v) is 11.6. The number of carbonyl (C=O) groups excluding carboxylic acids is 1. The second-order valence-electron chi connectivity index (χ2n) is 8.14. The highest BCUT2D eigenvalue weighted by Gasteiger charge is 2.33. The van der Waals surface area contributed by atoms with Gasteiger partial charge < -0.3 is 5.32 Å². The van der Waals surface area contributed by atoms with Crippen LogP contribution < -0.4 is 5.32 Å². The van der Waals surface area contributed by atoms with Gasteiger partial charge in [-0.15, -0.1) is 11.3 Å². The summed E-state index contributed by atoms with van der Waals surface area (Å²) in [5.74, 6) is 0.368. The van der Waals surface area contributed by atoms with Crippen molar-refractivity contribution in [1.82, 2.24) is 25.1 Å². The Kier molecular flexibility index (Phi) is 5.76. The van der Waals surface area contributed by atoms with E-state index in [1.807, 2.05) is 12.1 Å². The summed E-state index contributed by atoms with van der Waals surface area (Å²) in [6.07, 6.45) is 7.49. The van der Waals surface area contributed by atoms with Crippen LogP contribution in [-0.2, 0) is 17.9 Å². The number of benzene rings is 2. The van der Waals surface area contributed by atoms with Crippen molar-refractivity contribution >= 4 is 27.5 Å². The number of fused-ring (bicyclic) bond motifs is 1. The zero-order chi connectivity index (χ0) is 21.0. The van der Waals surface area contributed by atoms with E-state index < -0.39 is 0 Å². The van der Waals surface area contributed by atoms with Gasteiger partial charge in [0.1, 0.15) is 12.7 Å². The molecule has 31 heavy (non-hydrogen) atoms. The number of carbonyl (C=O) groups is 1. The van der Waals surface area contributed by atoms with Crippen LogP contribution in [0.3, 0.4) is 0 Å². The smallest absolute Gasteiger partial charge is 0.224 e. The van der Waals surface area contributed by atoms with Crippen molar-refractivity contribution in [1.29, 1.82) is 0 Å². The summed E-state index contributed by atoms with van der Waals surface area (Å²) >= 11 is 1.74. The minimum absolute atomic E-state index is 0.000834. The molecule has 0 saturated heterocycles. The van der Waals surface area contributed by atoms with E-state index in [0.717, 1.165) is 47.3 Å². The van der Waals surface area contributed by atoms with E-state index in [1.165, 1.54) is 11.0 Å². The molecule has 1 fully saturated rings. The average molecular weight is 432 g/mol. The Bertz CT molecular complexity index is 1120. The van der Waals surface area contributed by atoms with Crippen LogP contribution in [0.1, 0.15) is 47.7 Å². The number of nitrogens with one attached hydrogen (secondary N) is 1. The lowest BCUT2D eigenvalue weighted by molar-refractivity contribution is -0.126. The molecule has 1 aliphatic rings. The lowest BCUT2D eigenvalue weighted by atomic mass is 9.79. The van der Waals surface area contributed by atoms with Crippen molar-refractivity contribution in [3.05, 3.63) is 77.3 Å². The zero-order valence-electron chi connectivity index (χ0n) is 17.3. The third kappa shape index (κ3) is 4.51. The topological polar surface area (TPSA) is 72.7 Å². The Morgan fingerprint density at radius 3 is 2.68 bits per heavy atom. The van der Waals surface area contributed by atoms with E-state index in [2.05, 4.69) is 51.8 Å². The molecule has 1 N–H and O–H groups in total. The van der Waals surface area contributed by atoms with Crippen molar-refractivity contribution in [3.63, 3.8) is 0 Å². The highest BCUT2D eigenvalue weighted by atomic mass is 32.1. The molecule has 1 saturated carbocycles. The fourth-order valence-corrected chi connectivity index (χ4v) is 5.54. The van der Waals surface area contributed by atoms with Crippen LogP contribution in [0.5, 0.6) is 0 Å². The molecule has 2 aromatic carbocycles. The van der Waals surface area contributed by atoms with Gasteiger partial charge in [-0.3, -0.25) is 4.79 Å². The van der Waals surface area contributed by atoms with Crippen LogP contribution in [-0.4, -0.2) is 25.7 Å². The van der Waals surface area contributed by atoms with Gasteiger partial charge in [-0.1, -0.05) is 49.2 Å². The Morgan fingerprint density at radius 2 is 1.87 bits per heavy atom. The molecule has 1 amide bonds. The maximum atomic E-state index is 13.1. The predicted molar refractivity (Wildman–Crippen MR) is 122 cm³/mol.